The van der Waals surface area contributed by atoms with Gasteiger partial charge in [-0.3, -0.25) is 9.59 Å². The van der Waals surface area contributed by atoms with Crippen LogP contribution in [0.4, 0.5) is 4.39 Å². The van der Waals surface area contributed by atoms with Crippen molar-refractivity contribution in [3.8, 4) is 0 Å². The zero-order chi connectivity index (χ0) is 19.6. The van der Waals surface area contributed by atoms with Gasteiger partial charge in [-0.05, 0) is 36.1 Å². The van der Waals surface area contributed by atoms with Crippen LogP contribution in [0.2, 0.25) is 0 Å². The molecule has 0 radical (unpaired) electrons. The molecule has 0 bridgehead atoms. The van der Waals surface area contributed by atoms with Crippen molar-refractivity contribution in [1.82, 2.24) is 10.2 Å². The van der Waals surface area contributed by atoms with Gasteiger partial charge in [0.15, 0.2) is 0 Å². The Hall–Kier alpha value is -2.69. The maximum absolute atomic E-state index is 13.2. The van der Waals surface area contributed by atoms with Crippen LogP contribution in [0.5, 0.6) is 0 Å². The molecule has 2 amide bonds. The van der Waals surface area contributed by atoms with Crippen LogP contribution in [0.1, 0.15) is 37.8 Å². The van der Waals surface area contributed by atoms with Crippen LogP contribution in [-0.4, -0.2) is 29.3 Å². The Kier molecular flexibility index (Phi) is 7.99. The van der Waals surface area contributed by atoms with E-state index in [0.717, 1.165) is 17.5 Å². The summed E-state index contributed by atoms with van der Waals surface area (Å²) in [6.07, 6.45) is 1.56. The van der Waals surface area contributed by atoms with E-state index in [0.29, 0.717) is 13.0 Å². The molecule has 2 rings (SSSR count). The van der Waals surface area contributed by atoms with Crippen molar-refractivity contribution in [3.05, 3.63) is 71.5 Å². The van der Waals surface area contributed by atoms with Crippen molar-refractivity contribution < 1.29 is 14.0 Å². The van der Waals surface area contributed by atoms with Crippen LogP contribution >= 0.6 is 0 Å². The van der Waals surface area contributed by atoms with Gasteiger partial charge in [-0.15, -0.1) is 0 Å². The predicted molar refractivity (Wildman–Crippen MR) is 104 cm³/mol. The topological polar surface area (TPSA) is 49.4 Å². The van der Waals surface area contributed by atoms with Crippen LogP contribution in [0.3, 0.4) is 0 Å². The van der Waals surface area contributed by atoms with Gasteiger partial charge in [-0.1, -0.05) is 56.3 Å². The Morgan fingerprint density at radius 2 is 1.67 bits per heavy atom. The Morgan fingerprint density at radius 3 is 2.26 bits per heavy atom. The Morgan fingerprint density at radius 1 is 1.00 bits per heavy atom. The molecule has 0 saturated heterocycles. The predicted octanol–water partition coefficient (Wildman–Crippen LogP) is 3.70. The number of nitrogens with zero attached hydrogens (tertiary/aromatic N) is 1. The zero-order valence-electron chi connectivity index (χ0n) is 16.0. The van der Waals surface area contributed by atoms with E-state index >= 15 is 0 Å². The summed E-state index contributed by atoms with van der Waals surface area (Å²) in [6, 6.07) is 14.9. The van der Waals surface area contributed by atoms with E-state index in [1.54, 1.807) is 17.0 Å². The monoisotopic (exact) mass is 370 g/mol. The van der Waals surface area contributed by atoms with Crippen molar-refractivity contribution >= 4 is 11.8 Å². The van der Waals surface area contributed by atoms with E-state index in [-0.39, 0.29) is 30.6 Å². The molecule has 0 saturated carbocycles. The molecule has 0 heterocycles. The van der Waals surface area contributed by atoms with Gasteiger partial charge in [-0.2, -0.15) is 0 Å². The number of amides is 2. The number of hydrogen-bond donors (Lipinski definition) is 1. The van der Waals surface area contributed by atoms with Crippen LogP contribution in [0.15, 0.2) is 54.6 Å². The summed E-state index contributed by atoms with van der Waals surface area (Å²) in [5, 5.41) is 2.88. The highest BCUT2D eigenvalue weighted by Gasteiger charge is 2.28. The first kappa shape index (κ1) is 20.6. The molecular formula is C22H27FN2O2. The van der Waals surface area contributed by atoms with Crippen LogP contribution in [-0.2, 0) is 22.6 Å². The van der Waals surface area contributed by atoms with Gasteiger partial charge in [-0.25, -0.2) is 4.39 Å². The molecule has 1 unspecified atom stereocenters. The lowest BCUT2D eigenvalue weighted by atomic mass is 10.1. The highest BCUT2D eigenvalue weighted by molar-refractivity contribution is 5.88. The molecule has 0 aliphatic carbocycles. The SMILES string of the molecule is CCCNC(=O)C(CC)N(Cc1ccc(F)cc1)C(=O)Cc1ccccc1. The Balaban J connectivity index is 2.23. The van der Waals surface area contributed by atoms with Gasteiger partial charge in [0, 0.05) is 13.1 Å². The van der Waals surface area contributed by atoms with E-state index in [4.69, 9.17) is 0 Å². The molecule has 0 aliphatic heterocycles. The molecule has 27 heavy (non-hydrogen) atoms. The van der Waals surface area contributed by atoms with Gasteiger partial charge in [0.1, 0.15) is 11.9 Å². The van der Waals surface area contributed by atoms with E-state index in [9.17, 15) is 14.0 Å². The molecule has 1 atom stereocenters. The lowest BCUT2D eigenvalue weighted by molar-refractivity contribution is -0.140. The number of halogens is 1. The molecule has 4 nitrogen and oxygen atoms in total. The van der Waals surface area contributed by atoms with E-state index in [2.05, 4.69) is 5.32 Å². The minimum absolute atomic E-state index is 0.121. The molecule has 0 fully saturated rings. The summed E-state index contributed by atoms with van der Waals surface area (Å²) in [5.74, 6) is -0.597. The van der Waals surface area contributed by atoms with Crippen LogP contribution in [0, 0.1) is 5.82 Å². The minimum Gasteiger partial charge on any atom is -0.354 e. The van der Waals surface area contributed by atoms with Gasteiger partial charge in [0.2, 0.25) is 11.8 Å². The zero-order valence-corrected chi connectivity index (χ0v) is 16.0. The van der Waals surface area contributed by atoms with Crippen molar-refractivity contribution in [1.29, 1.82) is 0 Å². The minimum atomic E-state index is -0.558. The summed E-state index contributed by atoms with van der Waals surface area (Å²) in [7, 11) is 0. The highest BCUT2D eigenvalue weighted by atomic mass is 19.1. The third kappa shape index (κ3) is 6.20. The average molecular weight is 370 g/mol. The summed E-state index contributed by atoms with van der Waals surface area (Å²) in [6.45, 7) is 4.72. The summed E-state index contributed by atoms with van der Waals surface area (Å²) in [5.41, 5.74) is 1.69. The van der Waals surface area contributed by atoms with Crippen molar-refractivity contribution in [2.24, 2.45) is 0 Å². The average Bonchev–Trinajstić information content (AvgIpc) is 2.68. The standard InChI is InChI=1S/C22H27FN2O2/c1-3-14-24-22(27)20(4-2)25(16-18-10-12-19(23)13-11-18)21(26)15-17-8-6-5-7-9-17/h5-13,20H,3-4,14-16H2,1-2H3,(H,24,27). The normalized spacial score (nSPS) is 11.7. The van der Waals surface area contributed by atoms with E-state index in [1.165, 1.54) is 12.1 Å². The van der Waals surface area contributed by atoms with Crippen molar-refractivity contribution in [2.45, 2.75) is 45.7 Å². The fourth-order valence-corrected chi connectivity index (χ4v) is 2.94. The number of rotatable bonds is 9. The lowest BCUT2D eigenvalue weighted by Gasteiger charge is -2.30. The first-order valence-corrected chi connectivity index (χ1v) is 9.40. The van der Waals surface area contributed by atoms with Crippen molar-refractivity contribution in [3.63, 3.8) is 0 Å². The lowest BCUT2D eigenvalue weighted by Crippen LogP contribution is -2.49. The smallest absolute Gasteiger partial charge is 0.242 e. The van der Waals surface area contributed by atoms with Gasteiger partial charge >= 0.3 is 0 Å². The molecule has 2 aromatic rings. The fraction of sp³-hybridized carbons (Fsp3) is 0.364. The molecule has 0 aromatic heterocycles. The maximum Gasteiger partial charge on any atom is 0.242 e. The largest absolute Gasteiger partial charge is 0.354 e. The quantitative estimate of drug-likeness (QED) is 0.732. The fourth-order valence-electron chi connectivity index (χ4n) is 2.94. The van der Waals surface area contributed by atoms with Gasteiger partial charge in [0.05, 0.1) is 6.42 Å². The first-order chi connectivity index (χ1) is 13.0. The molecule has 1 N–H and O–H groups in total. The summed E-state index contributed by atoms with van der Waals surface area (Å²) >= 11 is 0. The second-order valence-electron chi connectivity index (χ2n) is 6.53. The number of benzene rings is 2. The highest BCUT2D eigenvalue weighted by Crippen LogP contribution is 2.15. The molecule has 0 spiro atoms. The third-order valence-electron chi connectivity index (χ3n) is 4.40. The second kappa shape index (κ2) is 10.5. The first-order valence-electron chi connectivity index (χ1n) is 9.40. The maximum atomic E-state index is 13.2. The number of carbonyl (C=O) groups excluding carboxylic acids is 2. The number of hydrogen-bond acceptors (Lipinski definition) is 2. The molecule has 5 heteroatoms. The van der Waals surface area contributed by atoms with E-state index in [1.807, 2.05) is 44.2 Å². The second-order valence-corrected chi connectivity index (χ2v) is 6.53. The van der Waals surface area contributed by atoms with Gasteiger partial charge < -0.3 is 10.2 Å². The third-order valence-corrected chi connectivity index (χ3v) is 4.40. The number of carbonyl (C=O) groups is 2. The molecule has 0 aliphatic rings. The molecule has 144 valence electrons. The van der Waals surface area contributed by atoms with Crippen LogP contribution in [0.25, 0.3) is 0 Å². The Labute approximate surface area is 160 Å². The summed E-state index contributed by atoms with van der Waals surface area (Å²) < 4.78 is 13.2. The van der Waals surface area contributed by atoms with E-state index < -0.39 is 6.04 Å². The molecule has 2 aromatic carbocycles. The number of nitrogens with one attached hydrogen (secondary N) is 1. The summed E-state index contributed by atoms with van der Waals surface area (Å²) in [4.78, 5) is 27.2. The van der Waals surface area contributed by atoms with Crippen LogP contribution < -0.4 is 5.32 Å². The van der Waals surface area contributed by atoms with Gasteiger partial charge in [0.25, 0.3) is 0 Å². The van der Waals surface area contributed by atoms with Crippen molar-refractivity contribution in [2.75, 3.05) is 6.54 Å². The Bertz CT molecular complexity index is 732. The molecular weight excluding hydrogens is 343 g/mol.